The minimum atomic E-state index is -0.167. The Labute approximate surface area is 199 Å². The number of benzene rings is 2. The third-order valence-corrected chi connectivity index (χ3v) is 7.07. The van der Waals surface area contributed by atoms with Gasteiger partial charge in [-0.05, 0) is 67.5 Å². The Balaban J connectivity index is 1.46. The molecule has 1 saturated heterocycles. The van der Waals surface area contributed by atoms with Crippen molar-refractivity contribution >= 4 is 35.0 Å². The van der Waals surface area contributed by atoms with E-state index in [9.17, 15) is 9.59 Å². The van der Waals surface area contributed by atoms with Crippen LogP contribution in [-0.4, -0.2) is 43.0 Å². The van der Waals surface area contributed by atoms with Gasteiger partial charge in [0.15, 0.2) is 0 Å². The van der Waals surface area contributed by atoms with Crippen LogP contribution in [0.15, 0.2) is 42.5 Å². The third-order valence-electron chi connectivity index (χ3n) is 6.60. The van der Waals surface area contributed by atoms with Crippen molar-refractivity contribution in [2.24, 2.45) is 5.41 Å². The zero-order chi connectivity index (χ0) is 22.6. The second-order valence-electron chi connectivity index (χ2n) is 8.78. The number of amides is 2. The Bertz CT molecular complexity index is 987. The fourth-order valence-electron chi connectivity index (χ4n) is 4.63. The van der Waals surface area contributed by atoms with Gasteiger partial charge in [0.05, 0.1) is 12.2 Å². The number of nitrogens with one attached hydrogen (secondary N) is 1. The lowest BCUT2D eigenvalue weighted by molar-refractivity contribution is 0.0533. The number of piperidine rings is 1. The highest BCUT2D eigenvalue weighted by Gasteiger charge is 2.36. The highest BCUT2D eigenvalue weighted by atomic mass is 35.5. The van der Waals surface area contributed by atoms with Gasteiger partial charge in [0.1, 0.15) is 5.75 Å². The van der Waals surface area contributed by atoms with Crippen molar-refractivity contribution in [1.82, 2.24) is 10.2 Å². The van der Waals surface area contributed by atoms with Crippen molar-refractivity contribution in [1.29, 1.82) is 0 Å². The first-order chi connectivity index (χ1) is 15.5. The minimum Gasteiger partial charge on any atom is -0.493 e. The topological polar surface area (TPSA) is 58.6 Å². The predicted molar refractivity (Wildman–Crippen MR) is 127 cm³/mol. The van der Waals surface area contributed by atoms with Gasteiger partial charge < -0.3 is 15.0 Å². The number of carbonyl (C=O) groups excluding carboxylic acids is 2. The van der Waals surface area contributed by atoms with E-state index in [0.29, 0.717) is 53.2 Å². The summed E-state index contributed by atoms with van der Waals surface area (Å²) < 4.78 is 5.84. The lowest BCUT2D eigenvalue weighted by atomic mass is 9.74. The van der Waals surface area contributed by atoms with Gasteiger partial charge in [-0.15, -0.1) is 0 Å². The first-order valence-electron chi connectivity index (χ1n) is 11.2. The van der Waals surface area contributed by atoms with Crippen LogP contribution in [0.4, 0.5) is 0 Å². The molecule has 2 aromatic carbocycles. The summed E-state index contributed by atoms with van der Waals surface area (Å²) in [5.74, 6) is 0.420. The van der Waals surface area contributed by atoms with E-state index in [2.05, 4.69) is 5.32 Å². The smallest absolute Gasteiger partial charge is 0.255 e. The summed E-state index contributed by atoms with van der Waals surface area (Å²) in [6.07, 6.45) is 5.84. The molecule has 4 rings (SSSR count). The van der Waals surface area contributed by atoms with E-state index in [1.807, 2.05) is 4.90 Å². The zero-order valence-electron chi connectivity index (χ0n) is 18.0. The molecule has 2 amide bonds. The van der Waals surface area contributed by atoms with Crippen molar-refractivity contribution in [3.05, 3.63) is 63.6 Å². The van der Waals surface area contributed by atoms with Crippen molar-refractivity contribution in [2.45, 2.75) is 38.5 Å². The molecule has 0 bridgehead atoms. The molecule has 0 saturated carbocycles. The van der Waals surface area contributed by atoms with Gasteiger partial charge in [-0.2, -0.15) is 0 Å². The van der Waals surface area contributed by atoms with E-state index in [-0.39, 0.29) is 17.2 Å². The largest absolute Gasteiger partial charge is 0.493 e. The summed E-state index contributed by atoms with van der Waals surface area (Å²) in [7, 11) is 0. The molecule has 2 aromatic rings. The lowest BCUT2D eigenvalue weighted by Crippen LogP contribution is -2.48. The van der Waals surface area contributed by atoms with Gasteiger partial charge in [0, 0.05) is 35.2 Å². The van der Waals surface area contributed by atoms with Crippen LogP contribution < -0.4 is 10.1 Å². The Morgan fingerprint density at radius 3 is 2.53 bits per heavy atom. The number of hydrogen-bond donors (Lipinski definition) is 1. The Morgan fingerprint density at radius 1 is 0.969 bits per heavy atom. The van der Waals surface area contributed by atoms with E-state index < -0.39 is 0 Å². The predicted octanol–water partition coefficient (Wildman–Crippen LogP) is 5.60. The molecule has 1 spiro atoms. The van der Waals surface area contributed by atoms with Crippen LogP contribution in [0.25, 0.3) is 0 Å². The molecule has 7 heteroatoms. The van der Waals surface area contributed by atoms with Gasteiger partial charge in [0.2, 0.25) is 0 Å². The van der Waals surface area contributed by atoms with Gasteiger partial charge in [0.25, 0.3) is 11.8 Å². The van der Waals surface area contributed by atoms with Gasteiger partial charge in [-0.1, -0.05) is 42.1 Å². The SMILES string of the molecule is O=C1NCC2(CCCCCOc3ccc(Cl)cc31)CCN(C(=O)c1cccc(Cl)c1)CC2. The molecule has 0 radical (unpaired) electrons. The maximum Gasteiger partial charge on any atom is 0.255 e. The van der Waals surface area contributed by atoms with E-state index in [4.69, 9.17) is 27.9 Å². The number of carbonyl (C=O) groups is 2. The Morgan fingerprint density at radius 2 is 1.75 bits per heavy atom. The number of ether oxygens (including phenoxy) is 1. The maximum atomic E-state index is 13.0. The van der Waals surface area contributed by atoms with E-state index in [0.717, 1.165) is 38.5 Å². The molecule has 2 heterocycles. The summed E-state index contributed by atoms with van der Waals surface area (Å²) in [5.41, 5.74) is 1.08. The minimum absolute atomic E-state index is 0.0141. The van der Waals surface area contributed by atoms with Crippen molar-refractivity contribution < 1.29 is 14.3 Å². The summed E-state index contributed by atoms with van der Waals surface area (Å²) in [4.78, 5) is 27.8. The van der Waals surface area contributed by atoms with Gasteiger partial charge in [-0.3, -0.25) is 9.59 Å². The molecule has 2 aliphatic heterocycles. The highest BCUT2D eigenvalue weighted by molar-refractivity contribution is 6.31. The second kappa shape index (κ2) is 10.1. The molecule has 1 N–H and O–H groups in total. The van der Waals surface area contributed by atoms with Crippen molar-refractivity contribution in [3.63, 3.8) is 0 Å². The number of hydrogen-bond acceptors (Lipinski definition) is 3. The monoisotopic (exact) mass is 474 g/mol. The first-order valence-corrected chi connectivity index (χ1v) is 12.0. The van der Waals surface area contributed by atoms with Crippen LogP contribution >= 0.6 is 23.2 Å². The van der Waals surface area contributed by atoms with Crippen molar-refractivity contribution in [3.8, 4) is 5.75 Å². The van der Waals surface area contributed by atoms with Crippen LogP contribution in [-0.2, 0) is 0 Å². The van der Waals surface area contributed by atoms with Crippen LogP contribution in [0.2, 0.25) is 10.0 Å². The molecular weight excluding hydrogens is 447 g/mol. The fraction of sp³-hybridized carbons (Fsp3) is 0.440. The molecule has 5 nitrogen and oxygen atoms in total. The molecule has 32 heavy (non-hydrogen) atoms. The van der Waals surface area contributed by atoms with Gasteiger partial charge >= 0.3 is 0 Å². The normalized spacial score (nSPS) is 19.2. The standard InChI is InChI=1S/C25H28Cl2N2O3/c26-19-6-4-5-18(15-19)24(31)29-12-10-25(11-13-29)9-2-1-3-14-32-22-8-7-20(27)16-21(22)23(30)28-17-25/h4-8,15-16H,1-3,9-14,17H2,(H,28,30). The van der Waals surface area contributed by atoms with Crippen molar-refractivity contribution in [2.75, 3.05) is 26.2 Å². The molecule has 0 aliphatic carbocycles. The summed E-state index contributed by atoms with van der Waals surface area (Å²) in [6.45, 7) is 2.51. The Kier molecular flexibility index (Phi) is 7.27. The van der Waals surface area contributed by atoms with E-state index in [1.54, 1.807) is 42.5 Å². The highest BCUT2D eigenvalue weighted by Crippen LogP contribution is 2.37. The number of rotatable bonds is 1. The number of fused-ring (bicyclic) bond motifs is 1. The lowest BCUT2D eigenvalue weighted by Gasteiger charge is -2.42. The average Bonchev–Trinajstić information content (AvgIpc) is 2.80. The summed E-state index contributed by atoms with van der Waals surface area (Å²) in [5, 5.41) is 4.21. The summed E-state index contributed by atoms with van der Waals surface area (Å²) >= 11 is 12.2. The molecule has 0 unspecified atom stereocenters. The molecular formula is C25H28Cl2N2O3. The quantitative estimate of drug-likeness (QED) is 0.584. The summed E-state index contributed by atoms with van der Waals surface area (Å²) in [6, 6.07) is 12.3. The van der Waals surface area contributed by atoms with Crippen LogP contribution in [0.3, 0.4) is 0 Å². The molecule has 1 fully saturated rings. The van der Waals surface area contributed by atoms with Crippen LogP contribution in [0.1, 0.15) is 59.2 Å². The zero-order valence-corrected chi connectivity index (χ0v) is 19.6. The maximum absolute atomic E-state index is 13.0. The second-order valence-corrected chi connectivity index (χ2v) is 9.66. The van der Waals surface area contributed by atoms with E-state index >= 15 is 0 Å². The molecule has 2 aliphatic rings. The van der Waals surface area contributed by atoms with E-state index in [1.165, 1.54) is 0 Å². The molecule has 0 aromatic heterocycles. The Hall–Kier alpha value is -2.24. The number of nitrogens with zero attached hydrogens (tertiary/aromatic N) is 1. The first kappa shape index (κ1) is 22.9. The number of halogens is 2. The van der Waals surface area contributed by atoms with Gasteiger partial charge in [-0.25, -0.2) is 0 Å². The average molecular weight is 475 g/mol. The fourth-order valence-corrected chi connectivity index (χ4v) is 5.00. The molecule has 170 valence electrons. The van der Waals surface area contributed by atoms with Crippen LogP contribution in [0, 0.1) is 5.41 Å². The van der Waals surface area contributed by atoms with Crippen LogP contribution in [0.5, 0.6) is 5.75 Å². The third kappa shape index (κ3) is 5.38. The molecule has 0 atom stereocenters. The number of likely N-dealkylation sites (tertiary alicyclic amines) is 1.